The largest absolute Gasteiger partial charge is 0.481 e. The molecule has 0 aliphatic heterocycles. The molecule has 0 aliphatic carbocycles. The SMILES string of the molecule is C#CCCCCNCc1ccccc1OCC#C. The first kappa shape index (κ1) is 14.2. The molecule has 0 spiro atoms. The monoisotopic (exact) mass is 241 g/mol. The Balaban J connectivity index is 2.33. The minimum atomic E-state index is 0.305. The van der Waals surface area contributed by atoms with Crippen molar-refractivity contribution in [3.63, 3.8) is 0 Å². The predicted molar refractivity (Wildman–Crippen MR) is 75.2 cm³/mol. The summed E-state index contributed by atoms with van der Waals surface area (Å²) in [7, 11) is 0. The average Bonchev–Trinajstić information content (AvgIpc) is 2.41. The topological polar surface area (TPSA) is 21.3 Å². The van der Waals surface area contributed by atoms with Crippen LogP contribution in [0.3, 0.4) is 0 Å². The molecule has 0 saturated carbocycles. The third-order valence-corrected chi connectivity index (χ3v) is 2.52. The summed E-state index contributed by atoms with van der Waals surface area (Å²) in [5.74, 6) is 5.97. The fourth-order valence-corrected chi connectivity index (χ4v) is 1.61. The molecule has 2 nitrogen and oxygen atoms in total. The first-order chi connectivity index (χ1) is 8.88. The van der Waals surface area contributed by atoms with Crippen LogP contribution in [0, 0.1) is 24.7 Å². The quantitative estimate of drug-likeness (QED) is 0.558. The fraction of sp³-hybridized carbons (Fsp3) is 0.375. The van der Waals surface area contributed by atoms with Crippen LogP contribution in [-0.4, -0.2) is 13.2 Å². The Morgan fingerprint density at radius 2 is 1.94 bits per heavy atom. The molecule has 0 fully saturated rings. The molecule has 0 unspecified atom stereocenters. The molecule has 0 saturated heterocycles. The number of hydrogen-bond acceptors (Lipinski definition) is 2. The highest BCUT2D eigenvalue weighted by atomic mass is 16.5. The molecule has 0 radical (unpaired) electrons. The van der Waals surface area contributed by atoms with Gasteiger partial charge < -0.3 is 10.1 Å². The van der Waals surface area contributed by atoms with E-state index in [0.717, 1.165) is 43.7 Å². The number of unbranched alkanes of at least 4 members (excludes halogenated alkanes) is 2. The molecule has 94 valence electrons. The van der Waals surface area contributed by atoms with Gasteiger partial charge >= 0.3 is 0 Å². The number of hydrogen-bond donors (Lipinski definition) is 1. The van der Waals surface area contributed by atoms with Crippen molar-refractivity contribution in [3.05, 3.63) is 29.8 Å². The van der Waals surface area contributed by atoms with Crippen molar-refractivity contribution >= 4 is 0 Å². The Morgan fingerprint density at radius 1 is 1.11 bits per heavy atom. The highest BCUT2D eigenvalue weighted by molar-refractivity contribution is 5.33. The Labute approximate surface area is 110 Å². The molecule has 0 bridgehead atoms. The molecule has 1 rings (SSSR count). The van der Waals surface area contributed by atoms with Crippen molar-refractivity contribution < 1.29 is 4.74 Å². The van der Waals surface area contributed by atoms with Crippen LogP contribution in [-0.2, 0) is 6.54 Å². The lowest BCUT2D eigenvalue weighted by molar-refractivity contribution is 0.364. The summed E-state index contributed by atoms with van der Waals surface area (Å²) >= 11 is 0. The molecule has 0 aromatic heterocycles. The van der Waals surface area contributed by atoms with Gasteiger partial charge in [-0.05, 0) is 25.5 Å². The average molecular weight is 241 g/mol. The number of ether oxygens (including phenoxy) is 1. The first-order valence-electron chi connectivity index (χ1n) is 6.17. The van der Waals surface area contributed by atoms with E-state index in [1.807, 2.05) is 24.3 Å². The maximum Gasteiger partial charge on any atom is 0.148 e. The first-order valence-corrected chi connectivity index (χ1v) is 6.17. The van der Waals surface area contributed by atoms with Crippen LogP contribution in [0.25, 0.3) is 0 Å². The van der Waals surface area contributed by atoms with E-state index in [1.54, 1.807) is 0 Å². The normalized spacial score (nSPS) is 9.44. The minimum Gasteiger partial charge on any atom is -0.481 e. The van der Waals surface area contributed by atoms with E-state index < -0.39 is 0 Å². The summed E-state index contributed by atoms with van der Waals surface area (Å²) in [6.07, 6.45) is 13.4. The van der Waals surface area contributed by atoms with Crippen LogP contribution >= 0.6 is 0 Å². The van der Waals surface area contributed by atoms with Gasteiger partial charge in [-0.1, -0.05) is 24.1 Å². The van der Waals surface area contributed by atoms with E-state index in [0.29, 0.717) is 6.61 Å². The van der Waals surface area contributed by atoms with E-state index in [-0.39, 0.29) is 0 Å². The number of nitrogens with one attached hydrogen (secondary N) is 1. The zero-order chi connectivity index (χ0) is 13.1. The molecule has 1 N–H and O–H groups in total. The predicted octanol–water partition coefficient (Wildman–Crippen LogP) is 2.59. The van der Waals surface area contributed by atoms with Crippen molar-refractivity contribution in [1.82, 2.24) is 5.32 Å². The molecule has 18 heavy (non-hydrogen) atoms. The van der Waals surface area contributed by atoms with Crippen molar-refractivity contribution in [2.24, 2.45) is 0 Å². The van der Waals surface area contributed by atoms with Crippen LogP contribution in [0.15, 0.2) is 24.3 Å². The summed E-state index contributed by atoms with van der Waals surface area (Å²) in [4.78, 5) is 0. The van der Waals surface area contributed by atoms with Gasteiger partial charge in [-0.15, -0.1) is 18.8 Å². The van der Waals surface area contributed by atoms with Crippen LogP contribution in [0.5, 0.6) is 5.75 Å². The van der Waals surface area contributed by atoms with Crippen LogP contribution < -0.4 is 10.1 Å². The minimum absolute atomic E-state index is 0.305. The number of rotatable bonds is 8. The molecular weight excluding hydrogens is 222 g/mol. The second-order valence-corrected chi connectivity index (χ2v) is 3.94. The van der Waals surface area contributed by atoms with E-state index in [9.17, 15) is 0 Å². The molecule has 0 heterocycles. The lowest BCUT2D eigenvalue weighted by atomic mass is 10.2. The van der Waals surface area contributed by atoms with E-state index in [2.05, 4.69) is 17.2 Å². The van der Waals surface area contributed by atoms with Gasteiger partial charge in [0.05, 0.1) is 0 Å². The van der Waals surface area contributed by atoms with Crippen LogP contribution in [0.1, 0.15) is 24.8 Å². The molecular formula is C16H19NO. The van der Waals surface area contributed by atoms with Crippen LogP contribution in [0.4, 0.5) is 0 Å². The molecule has 0 amide bonds. The van der Waals surface area contributed by atoms with Crippen LogP contribution in [0.2, 0.25) is 0 Å². The smallest absolute Gasteiger partial charge is 0.148 e. The highest BCUT2D eigenvalue weighted by Crippen LogP contribution is 2.17. The maximum absolute atomic E-state index is 5.48. The number of benzene rings is 1. The number of para-hydroxylation sites is 1. The third-order valence-electron chi connectivity index (χ3n) is 2.52. The van der Waals surface area contributed by atoms with Crippen molar-refractivity contribution in [2.45, 2.75) is 25.8 Å². The van der Waals surface area contributed by atoms with E-state index in [4.69, 9.17) is 17.6 Å². The van der Waals surface area contributed by atoms with Gasteiger partial charge in [0.1, 0.15) is 12.4 Å². The Morgan fingerprint density at radius 3 is 2.72 bits per heavy atom. The van der Waals surface area contributed by atoms with Gasteiger partial charge in [0.25, 0.3) is 0 Å². The molecule has 0 atom stereocenters. The standard InChI is InChI=1S/C16H19NO/c1-3-5-6-9-12-17-14-15-10-7-8-11-16(15)18-13-4-2/h1-2,7-8,10-11,17H,5-6,9,12-14H2. The van der Waals surface area contributed by atoms with E-state index in [1.165, 1.54) is 0 Å². The Hall–Kier alpha value is -1.90. The van der Waals surface area contributed by atoms with Crippen molar-refractivity contribution in [2.75, 3.05) is 13.2 Å². The Kier molecular flexibility index (Phi) is 7.21. The van der Waals surface area contributed by atoms with Gasteiger partial charge in [0.15, 0.2) is 0 Å². The van der Waals surface area contributed by atoms with E-state index >= 15 is 0 Å². The zero-order valence-electron chi connectivity index (χ0n) is 10.6. The third kappa shape index (κ3) is 5.43. The summed E-state index contributed by atoms with van der Waals surface area (Å²) in [5, 5.41) is 3.38. The highest BCUT2D eigenvalue weighted by Gasteiger charge is 2.01. The Bertz CT molecular complexity index is 425. The summed E-state index contributed by atoms with van der Waals surface area (Å²) in [5.41, 5.74) is 1.13. The van der Waals surface area contributed by atoms with Gasteiger partial charge in [-0.2, -0.15) is 0 Å². The lowest BCUT2D eigenvalue weighted by Crippen LogP contribution is -2.15. The van der Waals surface area contributed by atoms with Gasteiger partial charge in [0, 0.05) is 18.5 Å². The maximum atomic E-state index is 5.48. The van der Waals surface area contributed by atoms with Gasteiger partial charge in [-0.25, -0.2) is 0 Å². The van der Waals surface area contributed by atoms with Gasteiger partial charge in [-0.3, -0.25) is 0 Å². The second kappa shape index (κ2) is 9.16. The summed E-state index contributed by atoms with van der Waals surface area (Å²) in [6.45, 7) is 2.06. The summed E-state index contributed by atoms with van der Waals surface area (Å²) in [6, 6.07) is 7.92. The van der Waals surface area contributed by atoms with Crippen molar-refractivity contribution in [3.8, 4) is 30.4 Å². The molecule has 2 heteroatoms. The number of terminal acetylenes is 2. The second-order valence-electron chi connectivity index (χ2n) is 3.94. The summed E-state index contributed by atoms with van der Waals surface area (Å²) < 4.78 is 5.48. The lowest BCUT2D eigenvalue weighted by Gasteiger charge is -2.10. The van der Waals surface area contributed by atoms with Gasteiger partial charge in [0.2, 0.25) is 0 Å². The van der Waals surface area contributed by atoms with Crippen molar-refractivity contribution in [1.29, 1.82) is 0 Å². The fourth-order valence-electron chi connectivity index (χ4n) is 1.61. The molecule has 0 aliphatic rings. The molecule has 1 aromatic rings. The zero-order valence-corrected chi connectivity index (χ0v) is 10.6. The molecule has 1 aromatic carbocycles.